The highest BCUT2D eigenvalue weighted by atomic mass is 16.2. The average molecular weight is 381 g/mol. The van der Waals surface area contributed by atoms with E-state index < -0.39 is 5.41 Å². The first kappa shape index (κ1) is 19.9. The third-order valence-corrected chi connectivity index (χ3v) is 5.21. The van der Waals surface area contributed by atoms with Crippen LogP contribution in [0.25, 0.3) is 0 Å². The van der Waals surface area contributed by atoms with Crippen molar-refractivity contribution < 1.29 is 9.59 Å². The molecule has 7 nitrogen and oxygen atoms in total. The molecule has 0 bridgehead atoms. The number of nitrogens with zero attached hydrogens (tertiary/aromatic N) is 2. The summed E-state index contributed by atoms with van der Waals surface area (Å²) in [7, 11) is 0. The lowest BCUT2D eigenvalue weighted by Gasteiger charge is -2.28. The van der Waals surface area contributed by atoms with Gasteiger partial charge in [-0.1, -0.05) is 12.1 Å². The highest BCUT2D eigenvalue weighted by molar-refractivity contribution is 5.89. The summed E-state index contributed by atoms with van der Waals surface area (Å²) >= 11 is 0. The van der Waals surface area contributed by atoms with Crippen LogP contribution in [-0.4, -0.2) is 34.9 Å². The van der Waals surface area contributed by atoms with E-state index in [2.05, 4.69) is 25.9 Å². The van der Waals surface area contributed by atoms with E-state index in [9.17, 15) is 9.59 Å². The van der Waals surface area contributed by atoms with E-state index >= 15 is 0 Å². The summed E-state index contributed by atoms with van der Waals surface area (Å²) in [4.78, 5) is 34.3. The molecule has 1 fully saturated rings. The molecular weight excluding hydrogens is 354 g/mol. The minimum absolute atomic E-state index is 0.115. The van der Waals surface area contributed by atoms with Crippen LogP contribution in [0.4, 0.5) is 0 Å². The molecule has 0 aromatic carbocycles. The zero-order valence-corrected chi connectivity index (χ0v) is 16.3. The zero-order chi connectivity index (χ0) is 20.0. The molecule has 0 radical (unpaired) electrons. The van der Waals surface area contributed by atoms with E-state index in [1.807, 2.05) is 50.2 Å². The second-order valence-corrected chi connectivity index (χ2v) is 7.38. The van der Waals surface area contributed by atoms with Gasteiger partial charge in [0.05, 0.1) is 28.9 Å². The number of nitrogens with one attached hydrogen (secondary N) is 3. The van der Waals surface area contributed by atoms with Crippen molar-refractivity contribution in [3.05, 3.63) is 60.2 Å². The third-order valence-electron chi connectivity index (χ3n) is 5.21. The molecule has 3 atom stereocenters. The van der Waals surface area contributed by atoms with E-state index in [1.165, 1.54) is 0 Å². The van der Waals surface area contributed by atoms with Crippen molar-refractivity contribution in [3.8, 4) is 0 Å². The maximum atomic E-state index is 13.1. The predicted octanol–water partition coefficient (Wildman–Crippen LogP) is 1.90. The topological polar surface area (TPSA) is 96.0 Å². The molecule has 0 saturated carbocycles. The van der Waals surface area contributed by atoms with E-state index in [1.54, 1.807) is 12.4 Å². The van der Waals surface area contributed by atoms with Crippen LogP contribution in [0.1, 0.15) is 50.2 Å². The predicted molar refractivity (Wildman–Crippen MR) is 106 cm³/mol. The number of carbonyl (C=O) groups is 2. The molecule has 3 rings (SSSR count). The van der Waals surface area contributed by atoms with Crippen molar-refractivity contribution in [2.24, 2.45) is 5.41 Å². The summed E-state index contributed by atoms with van der Waals surface area (Å²) in [5, 5.41) is 9.23. The third kappa shape index (κ3) is 4.72. The Labute approximate surface area is 165 Å². The number of pyridine rings is 2. The fourth-order valence-corrected chi connectivity index (χ4v) is 3.53. The molecule has 2 aromatic rings. The molecule has 3 heterocycles. The molecule has 2 aromatic heterocycles. The molecule has 148 valence electrons. The molecule has 0 spiro atoms. The summed E-state index contributed by atoms with van der Waals surface area (Å²) in [5.74, 6) is -0.265. The largest absolute Gasteiger partial charge is 0.348 e. The van der Waals surface area contributed by atoms with Gasteiger partial charge in [-0.2, -0.15) is 0 Å². The number of hydrogen-bond acceptors (Lipinski definition) is 5. The van der Waals surface area contributed by atoms with Gasteiger partial charge in [0.25, 0.3) is 0 Å². The Morgan fingerprint density at radius 1 is 1.04 bits per heavy atom. The number of hydrogen-bond donors (Lipinski definition) is 3. The van der Waals surface area contributed by atoms with Gasteiger partial charge in [0.2, 0.25) is 11.8 Å². The fraction of sp³-hybridized carbons (Fsp3) is 0.429. The molecule has 1 aliphatic rings. The molecule has 1 aliphatic heterocycles. The number of rotatable bonds is 7. The maximum absolute atomic E-state index is 13.1. The van der Waals surface area contributed by atoms with Crippen molar-refractivity contribution in [1.82, 2.24) is 25.9 Å². The van der Waals surface area contributed by atoms with Crippen LogP contribution in [0.15, 0.2) is 48.8 Å². The molecule has 2 amide bonds. The van der Waals surface area contributed by atoms with Crippen LogP contribution in [0.2, 0.25) is 0 Å². The fourth-order valence-electron chi connectivity index (χ4n) is 3.53. The van der Waals surface area contributed by atoms with E-state index in [0.717, 1.165) is 11.4 Å². The molecular formula is C21H27N5O2. The molecule has 28 heavy (non-hydrogen) atoms. The second kappa shape index (κ2) is 8.93. The first-order valence-corrected chi connectivity index (χ1v) is 9.63. The quantitative estimate of drug-likeness (QED) is 0.681. The van der Waals surface area contributed by atoms with Gasteiger partial charge in [-0.25, -0.2) is 0 Å². The Morgan fingerprint density at radius 3 is 2.14 bits per heavy atom. The number of amides is 2. The van der Waals surface area contributed by atoms with Crippen LogP contribution in [0.5, 0.6) is 0 Å². The van der Waals surface area contributed by atoms with Gasteiger partial charge in [0, 0.05) is 25.4 Å². The molecule has 3 N–H and O–H groups in total. The summed E-state index contributed by atoms with van der Waals surface area (Å²) in [5.41, 5.74) is 0.838. The van der Waals surface area contributed by atoms with Gasteiger partial charge in [-0.3, -0.25) is 19.6 Å². The van der Waals surface area contributed by atoms with Crippen LogP contribution in [0.3, 0.4) is 0 Å². The Morgan fingerprint density at radius 2 is 1.64 bits per heavy atom. The summed E-state index contributed by atoms with van der Waals surface area (Å²) in [6.45, 7) is 5.00. The van der Waals surface area contributed by atoms with Gasteiger partial charge >= 0.3 is 0 Å². The highest BCUT2D eigenvalue weighted by Crippen LogP contribution is 2.31. The van der Waals surface area contributed by atoms with E-state index in [0.29, 0.717) is 19.5 Å². The van der Waals surface area contributed by atoms with Gasteiger partial charge in [0.1, 0.15) is 0 Å². The van der Waals surface area contributed by atoms with Crippen molar-refractivity contribution >= 4 is 11.8 Å². The SMILES string of the molecule is CC(NC(=O)CC1(C(=O)NC(C)c2ccccn2)CCNC1)c1ccccn1. The number of aromatic nitrogens is 2. The monoisotopic (exact) mass is 381 g/mol. The Kier molecular flexibility index (Phi) is 6.36. The Balaban J connectivity index is 1.64. The molecule has 0 aliphatic carbocycles. The van der Waals surface area contributed by atoms with E-state index in [4.69, 9.17) is 0 Å². The first-order valence-electron chi connectivity index (χ1n) is 9.63. The van der Waals surface area contributed by atoms with Crippen molar-refractivity contribution in [2.75, 3.05) is 13.1 Å². The maximum Gasteiger partial charge on any atom is 0.228 e. The average Bonchev–Trinajstić information content (AvgIpc) is 3.18. The summed E-state index contributed by atoms with van der Waals surface area (Å²) < 4.78 is 0. The molecule has 3 unspecified atom stereocenters. The highest BCUT2D eigenvalue weighted by Gasteiger charge is 2.43. The smallest absolute Gasteiger partial charge is 0.228 e. The van der Waals surface area contributed by atoms with E-state index in [-0.39, 0.29) is 30.3 Å². The second-order valence-electron chi connectivity index (χ2n) is 7.38. The Bertz CT molecular complexity index is 791. The lowest BCUT2D eigenvalue weighted by Crippen LogP contribution is -2.46. The van der Waals surface area contributed by atoms with Crippen molar-refractivity contribution in [2.45, 2.75) is 38.8 Å². The van der Waals surface area contributed by atoms with Crippen LogP contribution in [-0.2, 0) is 9.59 Å². The van der Waals surface area contributed by atoms with Crippen molar-refractivity contribution in [3.63, 3.8) is 0 Å². The minimum Gasteiger partial charge on any atom is -0.348 e. The normalized spacial score (nSPS) is 20.9. The summed E-state index contributed by atoms with van der Waals surface area (Å²) in [6, 6.07) is 10.8. The molecule has 1 saturated heterocycles. The Hall–Kier alpha value is -2.80. The van der Waals surface area contributed by atoms with Crippen LogP contribution in [0, 0.1) is 5.41 Å². The van der Waals surface area contributed by atoms with Crippen molar-refractivity contribution in [1.29, 1.82) is 0 Å². The van der Waals surface area contributed by atoms with Gasteiger partial charge in [-0.15, -0.1) is 0 Å². The van der Waals surface area contributed by atoms with Gasteiger partial charge in [0.15, 0.2) is 0 Å². The van der Waals surface area contributed by atoms with Crippen LogP contribution >= 0.6 is 0 Å². The molecule has 7 heteroatoms. The van der Waals surface area contributed by atoms with Crippen LogP contribution < -0.4 is 16.0 Å². The lowest BCUT2D eigenvalue weighted by atomic mass is 9.81. The standard InChI is InChI=1S/C21H27N5O2/c1-15(17-7-3-5-10-23-17)25-19(27)13-21(9-12-22-14-21)20(28)26-16(2)18-8-4-6-11-24-18/h3-8,10-11,15-16,22H,9,12-14H2,1-2H3,(H,25,27)(H,26,28). The zero-order valence-electron chi connectivity index (χ0n) is 16.3. The van der Waals surface area contributed by atoms with Gasteiger partial charge in [-0.05, 0) is 51.1 Å². The first-order chi connectivity index (χ1) is 13.5. The summed E-state index contributed by atoms with van der Waals surface area (Å²) in [6.07, 6.45) is 4.17. The minimum atomic E-state index is -0.753. The number of carbonyl (C=O) groups excluding carboxylic acids is 2. The lowest BCUT2D eigenvalue weighted by molar-refractivity contribution is -0.136. The van der Waals surface area contributed by atoms with Gasteiger partial charge < -0.3 is 16.0 Å².